The van der Waals surface area contributed by atoms with Crippen molar-refractivity contribution in [3.05, 3.63) is 47.9 Å². The van der Waals surface area contributed by atoms with Crippen molar-refractivity contribution in [2.75, 3.05) is 6.54 Å². The fourth-order valence-electron chi connectivity index (χ4n) is 1.94. The van der Waals surface area contributed by atoms with E-state index in [9.17, 15) is 0 Å². The molecule has 112 valence electrons. The average Bonchev–Trinajstić information content (AvgIpc) is 2.49. The van der Waals surface area contributed by atoms with Crippen LogP contribution >= 0.6 is 0 Å². The third-order valence-corrected chi connectivity index (χ3v) is 3.16. The van der Waals surface area contributed by atoms with Gasteiger partial charge in [0.2, 0.25) is 5.88 Å². The molecule has 4 heteroatoms. The van der Waals surface area contributed by atoms with Crippen LogP contribution < -0.4 is 10.1 Å². The van der Waals surface area contributed by atoms with Gasteiger partial charge in [-0.05, 0) is 36.6 Å². The summed E-state index contributed by atoms with van der Waals surface area (Å²) in [5.74, 6) is 1.80. The van der Waals surface area contributed by atoms with Gasteiger partial charge in [0.15, 0.2) is 0 Å². The second-order valence-corrected chi connectivity index (χ2v) is 5.35. The van der Waals surface area contributed by atoms with Gasteiger partial charge in [0.25, 0.3) is 0 Å². The molecule has 1 aromatic carbocycles. The first-order chi connectivity index (χ1) is 10.2. The SMILES string of the molecule is CCCNCc1cnc(Oc2cccc(C(C)C)c2)cn1. The van der Waals surface area contributed by atoms with E-state index in [2.05, 4.69) is 42.1 Å². The molecule has 0 saturated carbocycles. The Morgan fingerprint density at radius 3 is 2.71 bits per heavy atom. The summed E-state index contributed by atoms with van der Waals surface area (Å²) in [4.78, 5) is 8.66. The van der Waals surface area contributed by atoms with Gasteiger partial charge in [-0.1, -0.05) is 32.9 Å². The minimum Gasteiger partial charge on any atom is -0.437 e. The zero-order valence-corrected chi connectivity index (χ0v) is 13.0. The fraction of sp³-hybridized carbons (Fsp3) is 0.412. The molecule has 4 nitrogen and oxygen atoms in total. The first kappa shape index (κ1) is 15.4. The number of aromatic nitrogens is 2. The summed E-state index contributed by atoms with van der Waals surface area (Å²) in [7, 11) is 0. The van der Waals surface area contributed by atoms with Gasteiger partial charge in [0.05, 0.1) is 18.1 Å². The van der Waals surface area contributed by atoms with E-state index in [0.717, 1.165) is 31.0 Å². The minimum absolute atomic E-state index is 0.478. The molecular formula is C17H23N3O. The van der Waals surface area contributed by atoms with Crippen molar-refractivity contribution in [1.82, 2.24) is 15.3 Å². The van der Waals surface area contributed by atoms with Gasteiger partial charge in [-0.15, -0.1) is 0 Å². The maximum atomic E-state index is 5.76. The van der Waals surface area contributed by atoms with Crippen molar-refractivity contribution in [1.29, 1.82) is 0 Å². The number of benzene rings is 1. The van der Waals surface area contributed by atoms with Crippen molar-refractivity contribution < 1.29 is 4.74 Å². The Kier molecular flexibility index (Phi) is 5.69. The highest BCUT2D eigenvalue weighted by Crippen LogP contribution is 2.23. The van der Waals surface area contributed by atoms with Crippen molar-refractivity contribution in [3.63, 3.8) is 0 Å². The normalized spacial score (nSPS) is 10.9. The van der Waals surface area contributed by atoms with Crippen LogP contribution in [0.4, 0.5) is 0 Å². The molecule has 0 radical (unpaired) electrons. The fourth-order valence-corrected chi connectivity index (χ4v) is 1.94. The standard InChI is InChI=1S/C17H23N3O/c1-4-8-18-10-15-11-20-17(12-19-15)21-16-7-5-6-14(9-16)13(2)3/h5-7,9,11-13,18H,4,8,10H2,1-3H3. The predicted octanol–water partition coefficient (Wildman–Crippen LogP) is 3.89. The quantitative estimate of drug-likeness (QED) is 0.784. The van der Waals surface area contributed by atoms with Gasteiger partial charge in [0, 0.05) is 6.54 Å². The van der Waals surface area contributed by atoms with Gasteiger partial charge in [-0.2, -0.15) is 0 Å². The number of hydrogen-bond donors (Lipinski definition) is 1. The van der Waals surface area contributed by atoms with Gasteiger partial charge in [0.1, 0.15) is 5.75 Å². The Morgan fingerprint density at radius 2 is 2.05 bits per heavy atom. The van der Waals surface area contributed by atoms with Crippen LogP contribution in [0.15, 0.2) is 36.7 Å². The van der Waals surface area contributed by atoms with Crippen LogP contribution in [0.25, 0.3) is 0 Å². The highest BCUT2D eigenvalue weighted by molar-refractivity contribution is 5.32. The van der Waals surface area contributed by atoms with Crippen LogP contribution in [-0.4, -0.2) is 16.5 Å². The van der Waals surface area contributed by atoms with E-state index in [1.54, 1.807) is 12.4 Å². The first-order valence-electron chi connectivity index (χ1n) is 7.48. The van der Waals surface area contributed by atoms with Crippen LogP contribution in [0.3, 0.4) is 0 Å². The number of nitrogens with zero attached hydrogens (tertiary/aromatic N) is 2. The lowest BCUT2D eigenvalue weighted by molar-refractivity contribution is 0.457. The Bertz CT molecular complexity index is 552. The molecule has 0 aliphatic carbocycles. The van der Waals surface area contributed by atoms with E-state index in [1.165, 1.54) is 5.56 Å². The Morgan fingerprint density at radius 1 is 1.19 bits per heavy atom. The highest BCUT2D eigenvalue weighted by atomic mass is 16.5. The summed E-state index contributed by atoms with van der Waals surface area (Å²) in [5.41, 5.74) is 2.17. The molecule has 0 bridgehead atoms. The smallest absolute Gasteiger partial charge is 0.237 e. The lowest BCUT2D eigenvalue weighted by atomic mass is 10.0. The van der Waals surface area contributed by atoms with Crippen LogP contribution in [0, 0.1) is 0 Å². The van der Waals surface area contributed by atoms with E-state index < -0.39 is 0 Å². The third kappa shape index (κ3) is 4.83. The lowest BCUT2D eigenvalue weighted by Gasteiger charge is -2.09. The number of nitrogens with one attached hydrogen (secondary N) is 1. The Labute approximate surface area is 126 Å². The van der Waals surface area contributed by atoms with Gasteiger partial charge >= 0.3 is 0 Å². The molecule has 1 aromatic heterocycles. The highest BCUT2D eigenvalue weighted by Gasteiger charge is 2.04. The number of ether oxygens (including phenoxy) is 1. The van der Waals surface area contributed by atoms with Crippen molar-refractivity contribution in [2.24, 2.45) is 0 Å². The molecule has 0 saturated heterocycles. The van der Waals surface area contributed by atoms with Crippen LogP contribution in [-0.2, 0) is 6.54 Å². The first-order valence-corrected chi connectivity index (χ1v) is 7.48. The summed E-state index contributed by atoms with van der Waals surface area (Å²) in [6.07, 6.45) is 4.54. The molecular weight excluding hydrogens is 262 g/mol. The van der Waals surface area contributed by atoms with E-state index in [1.807, 2.05) is 18.2 Å². The zero-order valence-electron chi connectivity index (χ0n) is 13.0. The second-order valence-electron chi connectivity index (χ2n) is 5.35. The maximum Gasteiger partial charge on any atom is 0.237 e. The molecule has 0 aliphatic heterocycles. The van der Waals surface area contributed by atoms with Crippen molar-refractivity contribution in [3.8, 4) is 11.6 Å². The topological polar surface area (TPSA) is 47.0 Å². The van der Waals surface area contributed by atoms with Gasteiger partial charge in [-0.3, -0.25) is 4.98 Å². The molecule has 0 amide bonds. The van der Waals surface area contributed by atoms with E-state index in [4.69, 9.17) is 4.74 Å². The molecule has 0 unspecified atom stereocenters. The molecule has 21 heavy (non-hydrogen) atoms. The Balaban J connectivity index is 1.98. The van der Waals surface area contributed by atoms with Crippen LogP contribution in [0.5, 0.6) is 11.6 Å². The minimum atomic E-state index is 0.478. The second kappa shape index (κ2) is 7.74. The summed E-state index contributed by atoms with van der Waals surface area (Å²) >= 11 is 0. The summed E-state index contributed by atoms with van der Waals surface area (Å²) < 4.78 is 5.76. The summed E-state index contributed by atoms with van der Waals surface area (Å²) in [6.45, 7) is 8.20. The van der Waals surface area contributed by atoms with Gasteiger partial charge in [-0.25, -0.2) is 4.98 Å². The molecule has 2 aromatic rings. The van der Waals surface area contributed by atoms with Crippen molar-refractivity contribution in [2.45, 2.75) is 39.7 Å². The molecule has 2 rings (SSSR count). The van der Waals surface area contributed by atoms with Crippen LogP contribution in [0.1, 0.15) is 44.4 Å². The molecule has 0 aliphatic rings. The van der Waals surface area contributed by atoms with Crippen LogP contribution in [0.2, 0.25) is 0 Å². The Hall–Kier alpha value is -1.94. The summed E-state index contributed by atoms with van der Waals surface area (Å²) in [6, 6.07) is 8.08. The summed E-state index contributed by atoms with van der Waals surface area (Å²) in [5, 5.41) is 3.30. The molecule has 0 atom stereocenters. The zero-order chi connectivity index (χ0) is 15.1. The molecule has 0 fully saturated rings. The van der Waals surface area contributed by atoms with E-state index >= 15 is 0 Å². The third-order valence-electron chi connectivity index (χ3n) is 3.16. The average molecular weight is 285 g/mol. The number of hydrogen-bond acceptors (Lipinski definition) is 4. The van der Waals surface area contributed by atoms with Crippen molar-refractivity contribution >= 4 is 0 Å². The largest absolute Gasteiger partial charge is 0.437 e. The van der Waals surface area contributed by atoms with Gasteiger partial charge < -0.3 is 10.1 Å². The predicted molar refractivity (Wildman–Crippen MR) is 84.6 cm³/mol. The van der Waals surface area contributed by atoms with E-state index in [-0.39, 0.29) is 0 Å². The number of rotatable bonds is 7. The lowest BCUT2D eigenvalue weighted by Crippen LogP contribution is -2.14. The molecule has 1 N–H and O–H groups in total. The molecule has 0 spiro atoms. The molecule has 1 heterocycles. The maximum absolute atomic E-state index is 5.76. The van der Waals surface area contributed by atoms with E-state index in [0.29, 0.717) is 11.8 Å². The monoisotopic (exact) mass is 285 g/mol.